The van der Waals surface area contributed by atoms with Crippen molar-refractivity contribution in [3.63, 3.8) is 0 Å². The van der Waals surface area contributed by atoms with Crippen molar-refractivity contribution in [1.82, 2.24) is 9.80 Å². The molecule has 0 heterocycles. The Kier molecular flexibility index (Phi) is 14.4. The van der Waals surface area contributed by atoms with Crippen LogP contribution in [0.5, 0.6) is 11.5 Å². The Labute approximate surface area is 238 Å². The number of aliphatic carboxylic acids is 2. The van der Waals surface area contributed by atoms with E-state index in [1.807, 2.05) is 13.8 Å². The minimum Gasteiger partial charge on any atom is -0.508 e. The molecule has 0 aliphatic rings. The maximum atomic E-state index is 11.7. The number of phenolic OH excluding ortho intramolecular Hbond substituents is 2. The summed E-state index contributed by atoms with van der Waals surface area (Å²) in [4.78, 5) is 26.4. The number of aromatic hydroxyl groups is 2. The van der Waals surface area contributed by atoms with E-state index in [9.17, 15) is 45.3 Å². The fourth-order valence-corrected chi connectivity index (χ4v) is 4.74. The zero-order valence-corrected chi connectivity index (χ0v) is 23.3. The summed E-state index contributed by atoms with van der Waals surface area (Å²) < 4.78 is 0. The monoisotopic (exact) mass is 590 g/mol. The summed E-state index contributed by atoms with van der Waals surface area (Å²) in [7, 11) is 0. The molecule has 0 aliphatic carbocycles. The molecule has 0 aromatic heterocycles. The van der Waals surface area contributed by atoms with Gasteiger partial charge in [0.05, 0.1) is 32.9 Å². The number of hydrogen-bond acceptors (Lipinski definition) is 9. The van der Waals surface area contributed by atoms with Gasteiger partial charge in [-0.15, -0.1) is 0 Å². The summed E-state index contributed by atoms with van der Waals surface area (Å²) in [5.74, 6) is -2.48. The van der Waals surface area contributed by atoms with Gasteiger partial charge >= 0.3 is 29.0 Å². The Morgan fingerprint density at radius 3 is 1.97 bits per heavy atom. The van der Waals surface area contributed by atoms with Gasteiger partial charge in [-0.05, 0) is 47.2 Å². The number of hydrogen-bond donors (Lipinski definition) is 7. The zero-order valence-electron chi connectivity index (χ0n) is 22.2. The van der Waals surface area contributed by atoms with E-state index in [2.05, 4.69) is 0 Å². The van der Waals surface area contributed by atoms with E-state index in [0.717, 1.165) is 5.56 Å². The molecule has 0 radical (unpaired) electrons. The van der Waals surface area contributed by atoms with E-state index in [4.69, 9.17) is 0 Å². The predicted octanol–water partition coefficient (Wildman–Crippen LogP) is 1.04. The first kappa shape index (κ1) is 34.3. The maximum Gasteiger partial charge on any atom is 2.00 e. The Bertz CT molecular complexity index is 1110. The van der Waals surface area contributed by atoms with Gasteiger partial charge in [-0.25, -0.2) is 0 Å². The van der Waals surface area contributed by atoms with Crippen molar-refractivity contribution >= 4 is 11.9 Å². The molecule has 39 heavy (non-hydrogen) atoms. The van der Waals surface area contributed by atoms with Crippen molar-refractivity contribution < 1.29 is 62.4 Å². The van der Waals surface area contributed by atoms with Crippen LogP contribution in [-0.2, 0) is 65.8 Å². The second-order valence-electron chi connectivity index (χ2n) is 9.18. The van der Waals surface area contributed by atoms with Crippen LogP contribution in [0.3, 0.4) is 0 Å². The molecule has 11 nitrogen and oxygen atoms in total. The molecule has 216 valence electrons. The molecule has 0 fully saturated rings. The summed E-state index contributed by atoms with van der Waals surface area (Å²) in [6.45, 7) is 1.66. The normalized spacial score (nSPS) is 12.0. The molecular weight excluding hydrogens is 552 g/mol. The summed E-state index contributed by atoms with van der Waals surface area (Å²) in [6, 6.07) is 5.33. The van der Waals surface area contributed by atoms with Crippen LogP contribution in [0, 0.1) is 0 Å². The van der Waals surface area contributed by atoms with Gasteiger partial charge in [0.1, 0.15) is 11.5 Å². The molecule has 0 spiro atoms. The summed E-state index contributed by atoms with van der Waals surface area (Å²) in [6.07, 6.45) is 0.991. The average Bonchev–Trinajstić information content (AvgIpc) is 2.87. The number of aryl methyl sites for hydroxylation is 1. The van der Waals surface area contributed by atoms with E-state index in [-0.39, 0.29) is 61.4 Å². The molecule has 1 unspecified atom stereocenters. The van der Waals surface area contributed by atoms with Gasteiger partial charge in [0, 0.05) is 36.8 Å². The van der Waals surface area contributed by atoms with Gasteiger partial charge in [0.25, 0.3) is 0 Å². The summed E-state index contributed by atoms with van der Waals surface area (Å²) in [5, 5.41) is 69.7. The van der Waals surface area contributed by atoms with E-state index >= 15 is 0 Å². The molecule has 0 saturated carbocycles. The molecule has 0 saturated heterocycles. The van der Waals surface area contributed by atoms with Gasteiger partial charge in [0.15, 0.2) is 0 Å². The number of carbonyl (C=O) groups is 2. The van der Waals surface area contributed by atoms with Crippen molar-refractivity contribution in [2.75, 3.05) is 26.2 Å². The number of nitrogens with zero attached hydrogens (tertiary/aromatic N) is 2. The molecule has 12 heteroatoms. The van der Waals surface area contributed by atoms with Crippen LogP contribution in [-0.4, -0.2) is 89.8 Å². The molecular formula is C27H38FeN2O9+2. The number of rotatable bonds is 16. The minimum atomic E-state index is -1.17. The first-order chi connectivity index (χ1) is 18.1. The fraction of sp³-hybridized carbons (Fsp3) is 0.481. The molecule has 0 bridgehead atoms. The first-order valence-electron chi connectivity index (χ1n) is 12.5. The van der Waals surface area contributed by atoms with Gasteiger partial charge in [-0.2, -0.15) is 0 Å². The molecule has 2 aromatic carbocycles. The largest absolute Gasteiger partial charge is 2.00 e. The zero-order chi connectivity index (χ0) is 28.4. The Morgan fingerprint density at radius 2 is 1.46 bits per heavy atom. The second-order valence-corrected chi connectivity index (χ2v) is 9.18. The molecule has 0 aliphatic heterocycles. The van der Waals surface area contributed by atoms with Crippen LogP contribution >= 0.6 is 0 Å². The van der Waals surface area contributed by atoms with Gasteiger partial charge in [0.2, 0.25) is 0 Å². The molecule has 0 amide bonds. The standard InChI is InChI=1S/C27H38N2O9.Fe/c1-3-18-7-17(14-30)8-25(34)22(18)10-28(12-26(35)36)9-20(16-32)29(13-27(37)38)11-23-21(4-2)19(15-31)5-6-24(23)33;/h5-8,20,30-34H,3-4,9-16H2,1-2H3,(H,35,36)(H,37,38);/q;+2. The van der Waals surface area contributed by atoms with Crippen molar-refractivity contribution in [3.05, 3.63) is 57.6 Å². The number of phenols is 2. The number of carboxylic acids is 2. The average molecular weight is 590 g/mol. The Morgan fingerprint density at radius 1 is 0.795 bits per heavy atom. The Balaban J connectivity index is 0.00000760. The first-order valence-corrected chi connectivity index (χ1v) is 12.5. The van der Waals surface area contributed by atoms with E-state index in [1.54, 1.807) is 12.1 Å². The summed E-state index contributed by atoms with van der Waals surface area (Å²) >= 11 is 0. The SMILES string of the molecule is CCc1cc(CO)cc(O)c1CN(CC(=O)O)CC(CO)N(CC(=O)O)Cc1c(O)ccc(CO)c1CC.[Fe+2]. The smallest absolute Gasteiger partial charge is 0.508 e. The van der Waals surface area contributed by atoms with Crippen molar-refractivity contribution in [2.24, 2.45) is 0 Å². The van der Waals surface area contributed by atoms with Crippen LogP contribution in [0.15, 0.2) is 24.3 Å². The van der Waals surface area contributed by atoms with Crippen LogP contribution < -0.4 is 0 Å². The molecule has 7 N–H and O–H groups in total. The number of benzene rings is 2. The number of aliphatic hydroxyl groups is 3. The minimum absolute atomic E-state index is 0. The second kappa shape index (κ2) is 16.4. The van der Waals surface area contributed by atoms with Gasteiger partial charge in [-0.1, -0.05) is 26.0 Å². The third kappa shape index (κ3) is 9.47. The Hall–Kier alpha value is -2.70. The van der Waals surface area contributed by atoms with E-state index < -0.39 is 37.7 Å². The van der Waals surface area contributed by atoms with Crippen LogP contribution in [0.2, 0.25) is 0 Å². The van der Waals surface area contributed by atoms with Crippen LogP contribution in [0.1, 0.15) is 47.2 Å². The molecule has 2 rings (SSSR count). The maximum absolute atomic E-state index is 11.7. The van der Waals surface area contributed by atoms with Crippen molar-refractivity contribution in [1.29, 1.82) is 0 Å². The number of aliphatic hydroxyl groups excluding tert-OH is 3. The van der Waals surface area contributed by atoms with Gasteiger partial charge < -0.3 is 35.7 Å². The molecule has 1 atom stereocenters. The van der Waals surface area contributed by atoms with Gasteiger partial charge in [-0.3, -0.25) is 19.4 Å². The topological polar surface area (TPSA) is 182 Å². The predicted molar refractivity (Wildman–Crippen MR) is 139 cm³/mol. The van der Waals surface area contributed by atoms with Crippen LogP contribution in [0.4, 0.5) is 0 Å². The van der Waals surface area contributed by atoms with Crippen LogP contribution in [0.25, 0.3) is 0 Å². The third-order valence-corrected chi connectivity index (χ3v) is 6.61. The molecule has 2 aromatic rings. The van der Waals surface area contributed by atoms with E-state index in [1.165, 1.54) is 21.9 Å². The number of carboxylic acid groups (broad SMARTS) is 2. The quantitative estimate of drug-likeness (QED) is 0.139. The third-order valence-electron chi connectivity index (χ3n) is 6.61. The van der Waals surface area contributed by atoms with Crippen molar-refractivity contribution in [3.8, 4) is 11.5 Å². The summed E-state index contributed by atoms with van der Waals surface area (Å²) in [5.41, 5.74) is 3.42. The van der Waals surface area contributed by atoms with E-state index in [0.29, 0.717) is 40.7 Å². The van der Waals surface area contributed by atoms with Crippen molar-refractivity contribution in [2.45, 2.75) is 59.0 Å². The fourth-order valence-electron chi connectivity index (χ4n) is 4.74.